The van der Waals surface area contributed by atoms with Gasteiger partial charge in [-0.2, -0.15) is 0 Å². The molecule has 2 aromatic rings. The van der Waals surface area contributed by atoms with Gasteiger partial charge in [-0.15, -0.1) is 0 Å². The minimum absolute atomic E-state index is 0.381. The Labute approximate surface area is 166 Å². The summed E-state index contributed by atoms with van der Waals surface area (Å²) in [6.45, 7) is 1.81. The molecule has 0 spiro atoms. The molecule has 1 fully saturated rings. The van der Waals surface area contributed by atoms with Crippen LogP contribution in [0.25, 0.3) is 0 Å². The van der Waals surface area contributed by atoms with Crippen LogP contribution in [0, 0.1) is 12.8 Å². The number of hydrogen-bond donors (Lipinski definition) is 0. The smallest absolute Gasteiger partial charge is 0.278 e. The van der Waals surface area contributed by atoms with Gasteiger partial charge in [-0.3, -0.25) is 9.59 Å². The van der Waals surface area contributed by atoms with E-state index in [1.165, 1.54) is 14.2 Å². The molecule has 0 saturated carbocycles. The van der Waals surface area contributed by atoms with Crippen LogP contribution in [-0.2, 0) is 14.4 Å². The fourth-order valence-corrected chi connectivity index (χ4v) is 3.64. The molecular weight excluding hydrogens is 384 g/mol. The Balaban J connectivity index is 1.72. The summed E-state index contributed by atoms with van der Waals surface area (Å²) >= 11 is 6.07. The maximum atomic E-state index is 13.2. The van der Waals surface area contributed by atoms with Gasteiger partial charge in [-0.05, 0) is 42.8 Å². The Bertz CT molecular complexity index is 1020. The number of amides is 2. The fourth-order valence-electron chi connectivity index (χ4n) is 3.47. The van der Waals surface area contributed by atoms with Gasteiger partial charge in [0.25, 0.3) is 5.91 Å². The number of benzene rings is 2. The zero-order valence-corrected chi connectivity index (χ0v) is 16.2. The van der Waals surface area contributed by atoms with Crippen molar-refractivity contribution in [1.82, 2.24) is 0 Å². The number of oxime groups is 1. The van der Waals surface area contributed by atoms with Gasteiger partial charge in [0, 0.05) is 10.6 Å². The molecule has 0 unspecified atom stereocenters. The number of rotatable bonds is 4. The lowest BCUT2D eigenvalue weighted by Crippen LogP contribution is -2.33. The van der Waals surface area contributed by atoms with Crippen molar-refractivity contribution in [2.45, 2.75) is 13.0 Å². The molecule has 2 amide bonds. The van der Waals surface area contributed by atoms with Gasteiger partial charge < -0.3 is 14.3 Å². The molecule has 1 saturated heterocycles. The van der Waals surface area contributed by atoms with Crippen molar-refractivity contribution in [3.05, 3.63) is 52.5 Å². The number of methoxy groups -OCH3 is 2. The summed E-state index contributed by atoms with van der Waals surface area (Å²) < 4.78 is 10.6. The number of carbonyl (C=O) groups excluding carboxylic acids is 2. The summed E-state index contributed by atoms with van der Waals surface area (Å²) in [6.07, 6.45) is -0.992. The van der Waals surface area contributed by atoms with Gasteiger partial charge in [0.1, 0.15) is 11.6 Å². The first kappa shape index (κ1) is 18.3. The predicted molar refractivity (Wildman–Crippen MR) is 103 cm³/mol. The first-order valence-electron chi connectivity index (χ1n) is 8.56. The topological polar surface area (TPSA) is 77.4 Å². The van der Waals surface area contributed by atoms with Crippen molar-refractivity contribution < 1.29 is 23.9 Å². The van der Waals surface area contributed by atoms with Crippen LogP contribution in [0.5, 0.6) is 11.5 Å². The number of halogens is 1. The highest BCUT2D eigenvalue weighted by molar-refractivity contribution is 6.34. The molecule has 7 nitrogen and oxygen atoms in total. The number of imide groups is 1. The molecule has 0 aliphatic carbocycles. The van der Waals surface area contributed by atoms with Crippen LogP contribution in [0.15, 0.2) is 41.6 Å². The zero-order chi connectivity index (χ0) is 20.0. The van der Waals surface area contributed by atoms with Crippen LogP contribution in [0.2, 0.25) is 5.02 Å². The van der Waals surface area contributed by atoms with E-state index in [2.05, 4.69) is 5.16 Å². The highest BCUT2D eigenvalue weighted by Crippen LogP contribution is 2.38. The molecule has 0 radical (unpaired) electrons. The Morgan fingerprint density at radius 2 is 1.79 bits per heavy atom. The molecule has 8 heteroatoms. The lowest BCUT2D eigenvalue weighted by molar-refractivity contribution is -0.126. The van der Waals surface area contributed by atoms with Crippen LogP contribution >= 0.6 is 11.6 Å². The van der Waals surface area contributed by atoms with Crippen molar-refractivity contribution in [3.63, 3.8) is 0 Å². The third-order valence-corrected chi connectivity index (χ3v) is 5.14. The van der Waals surface area contributed by atoms with Gasteiger partial charge in [-0.1, -0.05) is 22.8 Å². The summed E-state index contributed by atoms with van der Waals surface area (Å²) in [5.41, 5.74) is 2.21. The molecule has 2 atom stereocenters. The fraction of sp³-hybridized carbons (Fsp3) is 0.250. The highest BCUT2D eigenvalue weighted by Gasteiger charge is 2.56. The largest absolute Gasteiger partial charge is 0.493 e. The second-order valence-electron chi connectivity index (χ2n) is 6.49. The molecule has 0 N–H and O–H groups in total. The summed E-state index contributed by atoms with van der Waals surface area (Å²) in [5, 5.41) is 4.45. The van der Waals surface area contributed by atoms with Crippen LogP contribution in [0.4, 0.5) is 5.69 Å². The van der Waals surface area contributed by atoms with E-state index in [0.29, 0.717) is 33.5 Å². The SMILES string of the molecule is COc1ccc(C2=NO[C@@H]3C(=O)N(c4cc(Cl)ccc4C)C(=O)[C@H]23)cc1OC. The van der Waals surface area contributed by atoms with Gasteiger partial charge in [0.15, 0.2) is 11.5 Å². The summed E-state index contributed by atoms with van der Waals surface area (Å²) in [7, 11) is 3.05. The van der Waals surface area contributed by atoms with E-state index in [1.807, 2.05) is 6.92 Å². The van der Waals surface area contributed by atoms with E-state index >= 15 is 0 Å². The molecule has 2 aliphatic heterocycles. The molecule has 0 aromatic heterocycles. The number of nitrogens with zero attached hydrogens (tertiary/aromatic N) is 2. The summed E-state index contributed by atoms with van der Waals surface area (Å²) in [4.78, 5) is 32.5. The van der Waals surface area contributed by atoms with Crippen molar-refractivity contribution in [2.24, 2.45) is 11.1 Å². The van der Waals surface area contributed by atoms with Crippen LogP contribution in [-0.4, -0.2) is 37.8 Å². The zero-order valence-electron chi connectivity index (χ0n) is 15.4. The third-order valence-electron chi connectivity index (χ3n) is 4.90. The van der Waals surface area contributed by atoms with Gasteiger partial charge in [0.05, 0.1) is 19.9 Å². The first-order valence-corrected chi connectivity index (χ1v) is 8.94. The molecule has 2 heterocycles. The average molecular weight is 401 g/mol. The van der Waals surface area contributed by atoms with E-state index in [9.17, 15) is 9.59 Å². The number of ether oxygens (including phenoxy) is 2. The number of hydrogen-bond acceptors (Lipinski definition) is 6. The van der Waals surface area contributed by atoms with Crippen LogP contribution in [0.3, 0.4) is 0 Å². The van der Waals surface area contributed by atoms with Gasteiger partial charge >= 0.3 is 0 Å². The number of aryl methyl sites for hydroxylation is 1. The predicted octanol–water partition coefficient (Wildman–Crippen LogP) is 2.96. The lowest BCUT2D eigenvalue weighted by Gasteiger charge is -2.18. The molecule has 144 valence electrons. The number of carbonyl (C=O) groups is 2. The van der Waals surface area contributed by atoms with Gasteiger partial charge in [-0.25, -0.2) is 4.90 Å². The van der Waals surface area contributed by atoms with E-state index in [0.717, 1.165) is 10.5 Å². The molecule has 2 aromatic carbocycles. The quantitative estimate of drug-likeness (QED) is 0.737. The number of fused-ring (bicyclic) bond motifs is 1. The van der Waals surface area contributed by atoms with E-state index in [-0.39, 0.29) is 0 Å². The summed E-state index contributed by atoms with van der Waals surface area (Å²) in [6, 6.07) is 10.2. The second kappa shape index (κ2) is 6.83. The monoisotopic (exact) mass is 400 g/mol. The second-order valence-corrected chi connectivity index (χ2v) is 6.93. The number of anilines is 1. The van der Waals surface area contributed by atoms with Crippen molar-refractivity contribution in [3.8, 4) is 11.5 Å². The Kier molecular flexibility index (Phi) is 4.47. The molecule has 0 bridgehead atoms. The molecular formula is C20H17ClN2O5. The van der Waals surface area contributed by atoms with E-state index in [1.54, 1.807) is 36.4 Å². The van der Waals surface area contributed by atoms with E-state index in [4.69, 9.17) is 25.9 Å². The maximum absolute atomic E-state index is 13.2. The van der Waals surface area contributed by atoms with Crippen molar-refractivity contribution in [2.75, 3.05) is 19.1 Å². The van der Waals surface area contributed by atoms with Crippen LogP contribution < -0.4 is 14.4 Å². The molecule has 28 heavy (non-hydrogen) atoms. The van der Waals surface area contributed by atoms with Crippen molar-refractivity contribution in [1.29, 1.82) is 0 Å². The average Bonchev–Trinajstić information content (AvgIpc) is 3.24. The Hall–Kier alpha value is -3.06. The normalized spacial score (nSPS) is 20.7. The summed E-state index contributed by atoms with van der Waals surface area (Å²) in [5.74, 6) is -0.646. The lowest BCUT2D eigenvalue weighted by atomic mass is 9.94. The third kappa shape index (κ3) is 2.70. The minimum Gasteiger partial charge on any atom is -0.493 e. The standard InChI is InChI=1S/C20H17ClN2O5/c1-10-4-6-12(21)9-13(10)23-19(24)16-17(22-28-18(16)20(23)25)11-5-7-14(26-2)15(8-11)27-3/h4-9,16,18H,1-3H3/t16-,18+/m1/s1. The Morgan fingerprint density at radius 1 is 1.04 bits per heavy atom. The Morgan fingerprint density at radius 3 is 2.50 bits per heavy atom. The highest BCUT2D eigenvalue weighted by atomic mass is 35.5. The molecule has 2 aliphatic rings. The minimum atomic E-state index is -0.992. The maximum Gasteiger partial charge on any atom is 0.278 e. The van der Waals surface area contributed by atoms with Crippen LogP contribution in [0.1, 0.15) is 11.1 Å². The van der Waals surface area contributed by atoms with Crippen molar-refractivity contribution >= 4 is 34.8 Å². The first-order chi connectivity index (χ1) is 13.5. The van der Waals surface area contributed by atoms with E-state index < -0.39 is 23.8 Å². The van der Waals surface area contributed by atoms with Gasteiger partial charge in [0.2, 0.25) is 12.0 Å². The molecule has 4 rings (SSSR count).